The number of aldehydes is 1. The fourth-order valence-electron chi connectivity index (χ4n) is 2.10. The van der Waals surface area contributed by atoms with E-state index in [0.29, 0.717) is 35.9 Å². The van der Waals surface area contributed by atoms with Gasteiger partial charge in [-0.05, 0) is 25.5 Å². The zero-order valence-corrected chi connectivity index (χ0v) is 11.1. The molecule has 0 radical (unpaired) electrons. The maximum absolute atomic E-state index is 11.9. The fraction of sp³-hybridized carbons (Fsp3) is 0.429. The maximum Gasteiger partial charge on any atom is 0.265 e. The Hall–Kier alpha value is -2.04. The topological polar surface area (TPSA) is 55.8 Å². The van der Waals surface area contributed by atoms with Gasteiger partial charge >= 0.3 is 0 Å². The average Bonchev–Trinajstić information content (AvgIpc) is 2.42. The van der Waals surface area contributed by atoms with Gasteiger partial charge in [-0.15, -0.1) is 0 Å². The van der Waals surface area contributed by atoms with Gasteiger partial charge in [0.05, 0.1) is 12.3 Å². The summed E-state index contributed by atoms with van der Waals surface area (Å²) >= 11 is 0. The minimum Gasteiger partial charge on any atom is -0.490 e. The molecule has 19 heavy (non-hydrogen) atoms. The molecule has 0 saturated heterocycles. The summed E-state index contributed by atoms with van der Waals surface area (Å²) in [6.07, 6.45) is 1.58. The van der Waals surface area contributed by atoms with Crippen molar-refractivity contribution in [2.75, 3.05) is 24.7 Å². The SMILES string of the molecule is CCCN1C(=O)COc2c(OCC)cc(C=O)cc21. The van der Waals surface area contributed by atoms with Crippen LogP contribution in [0.2, 0.25) is 0 Å². The molecule has 1 aromatic rings. The van der Waals surface area contributed by atoms with Gasteiger partial charge in [-0.1, -0.05) is 6.92 Å². The minimum atomic E-state index is -0.0974. The van der Waals surface area contributed by atoms with Gasteiger partial charge in [-0.25, -0.2) is 0 Å². The third-order valence-electron chi connectivity index (χ3n) is 2.87. The van der Waals surface area contributed by atoms with Crippen LogP contribution in [0.15, 0.2) is 12.1 Å². The van der Waals surface area contributed by atoms with Crippen molar-refractivity contribution in [1.82, 2.24) is 0 Å². The van der Waals surface area contributed by atoms with Gasteiger partial charge in [0.1, 0.15) is 6.29 Å². The number of nitrogens with zero attached hydrogens (tertiary/aromatic N) is 1. The van der Waals surface area contributed by atoms with E-state index in [1.807, 2.05) is 13.8 Å². The number of hydrogen-bond donors (Lipinski definition) is 0. The van der Waals surface area contributed by atoms with E-state index in [1.165, 1.54) is 0 Å². The lowest BCUT2D eigenvalue weighted by Gasteiger charge is -2.30. The molecular formula is C14H17NO4. The van der Waals surface area contributed by atoms with E-state index in [9.17, 15) is 9.59 Å². The van der Waals surface area contributed by atoms with E-state index in [-0.39, 0.29) is 12.5 Å². The number of anilines is 1. The lowest BCUT2D eigenvalue weighted by molar-refractivity contribution is -0.121. The Morgan fingerprint density at radius 2 is 2.21 bits per heavy atom. The molecule has 0 saturated carbocycles. The molecule has 0 atom stereocenters. The Morgan fingerprint density at radius 1 is 1.42 bits per heavy atom. The van der Waals surface area contributed by atoms with Gasteiger partial charge in [0, 0.05) is 12.1 Å². The summed E-state index contributed by atoms with van der Waals surface area (Å²) in [5.74, 6) is 0.955. The number of amides is 1. The van der Waals surface area contributed by atoms with Crippen LogP contribution in [0.1, 0.15) is 30.6 Å². The molecule has 5 heteroatoms. The Labute approximate surface area is 112 Å². The monoisotopic (exact) mass is 263 g/mol. The van der Waals surface area contributed by atoms with E-state index < -0.39 is 0 Å². The summed E-state index contributed by atoms with van der Waals surface area (Å²) in [5.41, 5.74) is 1.09. The normalized spacial score (nSPS) is 13.8. The maximum atomic E-state index is 11.9. The van der Waals surface area contributed by atoms with E-state index in [0.717, 1.165) is 12.7 Å². The van der Waals surface area contributed by atoms with Crippen molar-refractivity contribution in [3.05, 3.63) is 17.7 Å². The van der Waals surface area contributed by atoms with Crippen LogP contribution in [0, 0.1) is 0 Å². The van der Waals surface area contributed by atoms with Crippen LogP contribution in [0.3, 0.4) is 0 Å². The molecule has 0 aromatic heterocycles. The van der Waals surface area contributed by atoms with Crippen LogP contribution < -0.4 is 14.4 Å². The van der Waals surface area contributed by atoms with E-state index in [1.54, 1.807) is 17.0 Å². The molecule has 0 spiro atoms. The lowest BCUT2D eigenvalue weighted by Crippen LogP contribution is -2.39. The van der Waals surface area contributed by atoms with Crippen LogP contribution >= 0.6 is 0 Å². The molecule has 5 nitrogen and oxygen atoms in total. The molecule has 1 aromatic carbocycles. The predicted octanol–water partition coefficient (Wildman–Crippen LogP) is 2.03. The first-order valence-electron chi connectivity index (χ1n) is 6.40. The summed E-state index contributed by atoms with van der Waals surface area (Å²) in [4.78, 5) is 24.5. The first-order valence-corrected chi connectivity index (χ1v) is 6.40. The molecule has 1 aliphatic heterocycles. The van der Waals surface area contributed by atoms with Crippen LogP contribution in [-0.2, 0) is 4.79 Å². The summed E-state index contributed by atoms with van der Waals surface area (Å²) in [7, 11) is 0. The smallest absolute Gasteiger partial charge is 0.265 e. The van der Waals surface area contributed by atoms with Crippen molar-refractivity contribution in [1.29, 1.82) is 0 Å². The van der Waals surface area contributed by atoms with Crippen molar-refractivity contribution >= 4 is 17.9 Å². The molecule has 1 amide bonds. The predicted molar refractivity (Wildman–Crippen MR) is 71.1 cm³/mol. The summed E-state index contributed by atoms with van der Waals surface area (Å²) in [6.45, 7) is 4.93. The Balaban J connectivity index is 2.52. The Kier molecular flexibility index (Phi) is 4.04. The Bertz CT molecular complexity index is 498. The van der Waals surface area contributed by atoms with Gasteiger partial charge < -0.3 is 14.4 Å². The molecule has 1 aliphatic rings. The van der Waals surface area contributed by atoms with Crippen LogP contribution in [-0.4, -0.2) is 32.0 Å². The van der Waals surface area contributed by atoms with E-state index in [4.69, 9.17) is 9.47 Å². The van der Waals surface area contributed by atoms with Crippen molar-refractivity contribution in [2.24, 2.45) is 0 Å². The summed E-state index contributed by atoms with van der Waals surface area (Å²) < 4.78 is 10.9. The fourth-order valence-corrected chi connectivity index (χ4v) is 2.10. The second-order valence-corrected chi connectivity index (χ2v) is 4.25. The van der Waals surface area contributed by atoms with Gasteiger partial charge in [0.15, 0.2) is 18.1 Å². The largest absolute Gasteiger partial charge is 0.490 e. The second kappa shape index (κ2) is 5.73. The quantitative estimate of drug-likeness (QED) is 0.763. The lowest BCUT2D eigenvalue weighted by atomic mass is 10.1. The van der Waals surface area contributed by atoms with Crippen molar-refractivity contribution in [2.45, 2.75) is 20.3 Å². The first kappa shape index (κ1) is 13.4. The molecule has 1 heterocycles. The number of hydrogen-bond acceptors (Lipinski definition) is 4. The van der Waals surface area contributed by atoms with Gasteiger partial charge in [-0.3, -0.25) is 9.59 Å². The molecule has 0 unspecified atom stereocenters. The third kappa shape index (κ3) is 2.54. The Morgan fingerprint density at radius 3 is 2.84 bits per heavy atom. The van der Waals surface area contributed by atoms with Gasteiger partial charge in [-0.2, -0.15) is 0 Å². The summed E-state index contributed by atoms with van der Waals surface area (Å²) in [5, 5.41) is 0. The van der Waals surface area contributed by atoms with Gasteiger partial charge in [0.2, 0.25) is 0 Å². The number of ether oxygens (including phenoxy) is 2. The molecule has 0 bridgehead atoms. The molecule has 102 valence electrons. The second-order valence-electron chi connectivity index (χ2n) is 4.25. The molecule has 0 N–H and O–H groups in total. The van der Waals surface area contributed by atoms with Crippen LogP contribution in [0.4, 0.5) is 5.69 Å². The van der Waals surface area contributed by atoms with Crippen molar-refractivity contribution < 1.29 is 19.1 Å². The van der Waals surface area contributed by atoms with E-state index in [2.05, 4.69) is 0 Å². The molecular weight excluding hydrogens is 246 g/mol. The average molecular weight is 263 g/mol. The molecule has 0 aliphatic carbocycles. The van der Waals surface area contributed by atoms with Gasteiger partial charge in [0.25, 0.3) is 5.91 Å². The number of rotatable bonds is 5. The van der Waals surface area contributed by atoms with Crippen LogP contribution in [0.5, 0.6) is 11.5 Å². The highest BCUT2D eigenvalue weighted by molar-refractivity contribution is 5.99. The standard InChI is InChI=1S/C14H17NO4/c1-3-5-15-11-6-10(8-16)7-12(18-4-2)14(11)19-9-13(15)17/h6-8H,3-5,9H2,1-2H3. The number of fused-ring (bicyclic) bond motifs is 1. The highest BCUT2D eigenvalue weighted by atomic mass is 16.5. The first-order chi connectivity index (χ1) is 9.21. The van der Waals surface area contributed by atoms with E-state index >= 15 is 0 Å². The number of carbonyl (C=O) groups excluding carboxylic acids is 2. The van der Waals surface area contributed by atoms with Crippen molar-refractivity contribution in [3.63, 3.8) is 0 Å². The van der Waals surface area contributed by atoms with Crippen molar-refractivity contribution in [3.8, 4) is 11.5 Å². The summed E-state index contributed by atoms with van der Waals surface area (Å²) in [6, 6.07) is 3.30. The number of carbonyl (C=O) groups is 2. The zero-order chi connectivity index (χ0) is 13.8. The number of benzene rings is 1. The molecule has 0 fully saturated rings. The minimum absolute atomic E-state index is 0.00745. The zero-order valence-electron chi connectivity index (χ0n) is 11.1. The highest BCUT2D eigenvalue weighted by Gasteiger charge is 2.28. The molecule has 2 rings (SSSR count). The third-order valence-corrected chi connectivity index (χ3v) is 2.87. The van der Waals surface area contributed by atoms with Crippen LogP contribution in [0.25, 0.3) is 0 Å². The highest BCUT2D eigenvalue weighted by Crippen LogP contribution is 2.41.